The van der Waals surface area contributed by atoms with Crippen LogP contribution in [0.1, 0.15) is 20.8 Å². The van der Waals surface area contributed by atoms with Gasteiger partial charge >= 0.3 is 0 Å². The first-order chi connectivity index (χ1) is 13.0. The molecule has 0 aromatic heterocycles. The SMILES string of the molecule is COc1ccccc1SCC(C)CN=C(N)Nc1ccc(OC(C)C)cc1.I. The van der Waals surface area contributed by atoms with Crippen molar-refractivity contribution in [3.05, 3.63) is 48.5 Å². The zero-order chi connectivity index (χ0) is 19.6. The third-order valence-corrected chi connectivity index (χ3v) is 5.05. The Kier molecular flexibility index (Phi) is 11.1. The molecular weight excluding hydrogens is 485 g/mol. The summed E-state index contributed by atoms with van der Waals surface area (Å²) < 4.78 is 11.0. The van der Waals surface area contributed by atoms with E-state index in [1.54, 1.807) is 18.9 Å². The Balaban J connectivity index is 0.00000392. The topological polar surface area (TPSA) is 68.9 Å². The van der Waals surface area contributed by atoms with E-state index in [0.29, 0.717) is 18.4 Å². The fraction of sp³-hybridized carbons (Fsp3) is 0.381. The summed E-state index contributed by atoms with van der Waals surface area (Å²) >= 11 is 1.77. The van der Waals surface area contributed by atoms with E-state index in [1.807, 2.05) is 56.3 Å². The molecule has 0 spiro atoms. The van der Waals surface area contributed by atoms with Crippen LogP contribution >= 0.6 is 35.7 Å². The average Bonchev–Trinajstić information content (AvgIpc) is 2.66. The number of benzene rings is 2. The number of ether oxygens (including phenoxy) is 2. The molecule has 0 radical (unpaired) electrons. The molecule has 7 heteroatoms. The first kappa shape index (κ1) is 24.4. The predicted molar refractivity (Wildman–Crippen MR) is 131 cm³/mol. The smallest absolute Gasteiger partial charge is 0.193 e. The van der Waals surface area contributed by atoms with Crippen molar-refractivity contribution in [2.75, 3.05) is 24.7 Å². The van der Waals surface area contributed by atoms with Crippen LogP contribution in [0.25, 0.3) is 0 Å². The van der Waals surface area contributed by atoms with Crippen LogP contribution in [-0.2, 0) is 0 Å². The van der Waals surface area contributed by atoms with Gasteiger partial charge in [-0.2, -0.15) is 0 Å². The first-order valence-electron chi connectivity index (χ1n) is 9.07. The summed E-state index contributed by atoms with van der Waals surface area (Å²) in [5, 5.41) is 3.12. The monoisotopic (exact) mass is 515 g/mol. The van der Waals surface area contributed by atoms with E-state index in [2.05, 4.69) is 23.3 Å². The van der Waals surface area contributed by atoms with Crippen molar-refractivity contribution < 1.29 is 9.47 Å². The van der Waals surface area contributed by atoms with Crippen LogP contribution in [0.4, 0.5) is 5.69 Å². The van der Waals surface area contributed by atoms with Crippen molar-refractivity contribution in [1.82, 2.24) is 0 Å². The molecule has 0 saturated carbocycles. The third kappa shape index (κ3) is 8.60. The fourth-order valence-electron chi connectivity index (χ4n) is 2.35. The number of para-hydroxylation sites is 1. The lowest BCUT2D eigenvalue weighted by Gasteiger charge is -2.12. The second-order valence-electron chi connectivity index (χ2n) is 6.61. The van der Waals surface area contributed by atoms with E-state index in [-0.39, 0.29) is 30.1 Å². The van der Waals surface area contributed by atoms with Gasteiger partial charge in [-0.25, -0.2) is 0 Å². The van der Waals surface area contributed by atoms with Gasteiger partial charge in [0.2, 0.25) is 0 Å². The minimum Gasteiger partial charge on any atom is -0.496 e. The number of rotatable bonds is 9. The highest BCUT2D eigenvalue weighted by Crippen LogP contribution is 2.30. The lowest BCUT2D eigenvalue weighted by atomic mass is 10.2. The Morgan fingerprint density at radius 3 is 2.43 bits per heavy atom. The molecule has 0 bridgehead atoms. The van der Waals surface area contributed by atoms with Crippen molar-refractivity contribution in [3.63, 3.8) is 0 Å². The van der Waals surface area contributed by atoms with Crippen molar-refractivity contribution in [1.29, 1.82) is 0 Å². The normalized spacial score (nSPS) is 12.2. The van der Waals surface area contributed by atoms with Gasteiger partial charge < -0.3 is 20.5 Å². The molecule has 0 amide bonds. The summed E-state index contributed by atoms with van der Waals surface area (Å²) in [7, 11) is 1.70. The summed E-state index contributed by atoms with van der Waals surface area (Å²) in [5.74, 6) is 3.50. The highest BCUT2D eigenvalue weighted by molar-refractivity contribution is 14.0. The molecule has 0 aliphatic carbocycles. The van der Waals surface area contributed by atoms with Gasteiger partial charge in [0.25, 0.3) is 0 Å². The fourth-order valence-corrected chi connectivity index (χ4v) is 3.39. The van der Waals surface area contributed by atoms with E-state index in [4.69, 9.17) is 15.2 Å². The van der Waals surface area contributed by atoms with Crippen LogP contribution in [0.3, 0.4) is 0 Å². The molecule has 0 aliphatic rings. The zero-order valence-corrected chi connectivity index (χ0v) is 20.0. The molecule has 0 fully saturated rings. The van der Waals surface area contributed by atoms with Gasteiger partial charge in [-0.1, -0.05) is 19.1 Å². The Labute approximate surface area is 189 Å². The van der Waals surface area contributed by atoms with Crippen molar-refractivity contribution in [3.8, 4) is 11.5 Å². The molecule has 1 unspecified atom stereocenters. The number of guanidine groups is 1. The number of methoxy groups -OCH3 is 1. The Hall–Kier alpha value is -1.61. The molecule has 3 N–H and O–H groups in total. The van der Waals surface area contributed by atoms with Gasteiger partial charge in [-0.3, -0.25) is 4.99 Å². The van der Waals surface area contributed by atoms with Crippen LogP contribution in [0.15, 0.2) is 58.4 Å². The zero-order valence-electron chi connectivity index (χ0n) is 16.8. The summed E-state index contributed by atoms with van der Waals surface area (Å²) in [6.45, 7) is 6.83. The number of nitrogens with two attached hydrogens (primary N) is 1. The number of hydrogen-bond acceptors (Lipinski definition) is 4. The molecule has 0 heterocycles. The number of aliphatic imine (C=N–C) groups is 1. The molecule has 2 rings (SSSR count). The lowest BCUT2D eigenvalue weighted by molar-refractivity contribution is 0.242. The van der Waals surface area contributed by atoms with Gasteiger partial charge in [0, 0.05) is 22.9 Å². The number of thioether (sulfide) groups is 1. The Morgan fingerprint density at radius 2 is 1.79 bits per heavy atom. The summed E-state index contributed by atoms with van der Waals surface area (Å²) in [6.07, 6.45) is 0.158. The lowest BCUT2D eigenvalue weighted by Crippen LogP contribution is -2.23. The summed E-state index contributed by atoms with van der Waals surface area (Å²) in [5.41, 5.74) is 6.90. The third-order valence-electron chi connectivity index (χ3n) is 3.66. The Bertz CT molecular complexity index is 739. The molecule has 28 heavy (non-hydrogen) atoms. The van der Waals surface area contributed by atoms with E-state index >= 15 is 0 Å². The standard InChI is InChI=1S/C21H29N3O2S.HI/c1-15(2)26-18-11-9-17(10-12-18)24-21(22)23-13-16(3)14-27-20-8-6-5-7-19(20)25-4;/h5-12,15-16H,13-14H2,1-4H3,(H3,22,23,24);1H. The van der Waals surface area contributed by atoms with Gasteiger partial charge in [0.05, 0.1) is 13.2 Å². The molecular formula is C21H30IN3O2S. The molecule has 0 saturated heterocycles. The predicted octanol–water partition coefficient (Wildman–Crippen LogP) is 5.26. The largest absolute Gasteiger partial charge is 0.496 e. The highest BCUT2D eigenvalue weighted by atomic mass is 127. The molecule has 1 atom stereocenters. The maximum atomic E-state index is 6.01. The van der Waals surface area contributed by atoms with Crippen LogP contribution in [0.5, 0.6) is 11.5 Å². The number of nitrogens with zero attached hydrogens (tertiary/aromatic N) is 1. The van der Waals surface area contributed by atoms with E-state index in [1.165, 1.54) is 0 Å². The van der Waals surface area contributed by atoms with E-state index in [9.17, 15) is 0 Å². The second-order valence-corrected chi connectivity index (χ2v) is 7.67. The summed E-state index contributed by atoms with van der Waals surface area (Å²) in [4.78, 5) is 5.60. The minimum absolute atomic E-state index is 0. The van der Waals surface area contributed by atoms with Gasteiger partial charge in [-0.15, -0.1) is 35.7 Å². The van der Waals surface area contributed by atoms with Crippen LogP contribution in [0.2, 0.25) is 0 Å². The second kappa shape index (κ2) is 12.8. The number of nitrogens with one attached hydrogen (secondary N) is 1. The molecule has 2 aromatic rings. The molecule has 154 valence electrons. The average molecular weight is 515 g/mol. The van der Waals surface area contributed by atoms with Gasteiger partial charge in [0.15, 0.2) is 5.96 Å². The van der Waals surface area contributed by atoms with Crippen molar-refractivity contribution in [2.45, 2.75) is 31.8 Å². The highest BCUT2D eigenvalue weighted by Gasteiger charge is 2.07. The number of halogens is 1. The number of anilines is 1. The molecule has 0 aliphatic heterocycles. The Morgan fingerprint density at radius 1 is 1.11 bits per heavy atom. The van der Waals surface area contributed by atoms with Crippen LogP contribution < -0.4 is 20.5 Å². The van der Waals surface area contributed by atoms with E-state index < -0.39 is 0 Å². The van der Waals surface area contributed by atoms with Crippen molar-refractivity contribution >= 4 is 47.4 Å². The van der Waals surface area contributed by atoms with Crippen LogP contribution in [-0.4, -0.2) is 31.5 Å². The number of hydrogen-bond donors (Lipinski definition) is 2. The van der Waals surface area contributed by atoms with Gasteiger partial charge in [0.1, 0.15) is 11.5 Å². The maximum absolute atomic E-state index is 6.01. The van der Waals surface area contributed by atoms with Gasteiger partial charge in [-0.05, 0) is 56.2 Å². The van der Waals surface area contributed by atoms with E-state index in [0.717, 1.165) is 27.8 Å². The molecule has 2 aromatic carbocycles. The van der Waals surface area contributed by atoms with Crippen LogP contribution in [0, 0.1) is 5.92 Å². The minimum atomic E-state index is 0. The quantitative estimate of drug-likeness (QED) is 0.207. The van der Waals surface area contributed by atoms with Crippen molar-refractivity contribution in [2.24, 2.45) is 16.6 Å². The first-order valence-corrected chi connectivity index (χ1v) is 10.1. The molecule has 5 nitrogen and oxygen atoms in total. The summed E-state index contributed by atoms with van der Waals surface area (Å²) in [6, 6.07) is 15.7. The maximum Gasteiger partial charge on any atom is 0.193 e.